The van der Waals surface area contributed by atoms with Crippen LogP contribution in [0.15, 0.2) is 36.4 Å². The monoisotopic (exact) mass is 425 g/mol. The second-order valence-corrected chi connectivity index (χ2v) is 8.27. The Morgan fingerprint density at radius 3 is 2.47 bits per heavy atom. The van der Waals surface area contributed by atoms with Crippen LogP contribution in [0.25, 0.3) is 0 Å². The molecule has 0 radical (unpaired) electrons. The zero-order chi connectivity index (χ0) is 21.3. The van der Waals surface area contributed by atoms with Gasteiger partial charge in [-0.25, -0.2) is 0 Å². The summed E-state index contributed by atoms with van der Waals surface area (Å²) < 4.78 is 0. The van der Waals surface area contributed by atoms with Crippen molar-refractivity contribution in [2.24, 2.45) is 0 Å². The fourth-order valence-electron chi connectivity index (χ4n) is 4.01. The van der Waals surface area contributed by atoms with Crippen molar-refractivity contribution >= 4 is 40.6 Å². The summed E-state index contributed by atoms with van der Waals surface area (Å²) in [4.78, 5) is 40.4. The number of halogens is 1. The highest BCUT2D eigenvalue weighted by molar-refractivity contribution is 6.39. The first-order chi connectivity index (χ1) is 14.4. The van der Waals surface area contributed by atoms with Gasteiger partial charge in [0, 0.05) is 55.4 Å². The van der Waals surface area contributed by atoms with E-state index in [2.05, 4.69) is 10.2 Å². The Balaban J connectivity index is 1.34. The third kappa shape index (κ3) is 4.33. The van der Waals surface area contributed by atoms with E-state index < -0.39 is 11.8 Å². The molecule has 4 rings (SSSR count). The van der Waals surface area contributed by atoms with Crippen molar-refractivity contribution in [2.45, 2.75) is 26.2 Å². The zero-order valence-corrected chi connectivity index (χ0v) is 17.7. The number of fused-ring (bicyclic) bond motifs is 1. The predicted molar refractivity (Wildman–Crippen MR) is 117 cm³/mol. The maximum atomic E-state index is 12.6. The van der Waals surface area contributed by atoms with Gasteiger partial charge >= 0.3 is 11.8 Å². The van der Waals surface area contributed by atoms with Crippen molar-refractivity contribution in [3.63, 3.8) is 0 Å². The standard InChI is InChI=1S/C23H24ClN3O3/c1-15-12-19(5-7-21(15)24)26-8-10-27(11-9-26)23(30)22(29)25-18-4-2-17-14-20(28)6-3-16(17)13-18/h2,4-5,7,12-13H,3,6,8-11,14H2,1H3,(H,25,29). The number of piperazine rings is 1. The van der Waals surface area contributed by atoms with Crippen LogP contribution in [0.4, 0.5) is 11.4 Å². The predicted octanol–water partition coefficient (Wildman–Crippen LogP) is 2.99. The SMILES string of the molecule is Cc1cc(N2CCN(C(=O)C(=O)Nc3ccc4c(c3)CCC(=O)C4)CC2)ccc1Cl. The molecule has 2 aliphatic rings. The van der Waals surface area contributed by atoms with Crippen LogP contribution in [0.3, 0.4) is 0 Å². The molecule has 1 saturated heterocycles. The van der Waals surface area contributed by atoms with Crippen molar-refractivity contribution < 1.29 is 14.4 Å². The number of nitrogens with one attached hydrogen (secondary N) is 1. The van der Waals surface area contributed by atoms with E-state index in [-0.39, 0.29) is 5.78 Å². The molecule has 0 bridgehead atoms. The number of ketones is 1. The van der Waals surface area contributed by atoms with E-state index >= 15 is 0 Å². The first-order valence-corrected chi connectivity index (χ1v) is 10.5. The number of carbonyl (C=O) groups excluding carboxylic acids is 3. The highest BCUT2D eigenvalue weighted by Gasteiger charge is 2.26. The van der Waals surface area contributed by atoms with Crippen LogP contribution in [-0.2, 0) is 27.2 Å². The maximum absolute atomic E-state index is 12.6. The van der Waals surface area contributed by atoms with Gasteiger partial charge in [0.2, 0.25) is 0 Å². The Kier molecular flexibility index (Phi) is 5.77. The van der Waals surface area contributed by atoms with E-state index in [1.807, 2.05) is 37.3 Å². The van der Waals surface area contributed by atoms with Gasteiger partial charge in [0.05, 0.1) is 0 Å². The molecule has 30 heavy (non-hydrogen) atoms. The van der Waals surface area contributed by atoms with E-state index in [0.29, 0.717) is 51.1 Å². The summed E-state index contributed by atoms with van der Waals surface area (Å²) in [6.45, 7) is 4.26. The van der Waals surface area contributed by atoms with Gasteiger partial charge in [0.1, 0.15) is 5.78 Å². The first-order valence-electron chi connectivity index (χ1n) is 10.2. The lowest BCUT2D eigenvalue weighted by atomic mass is 9.90. The molecule has 1 heterocycles. The quantitative estimate of drug-likeness (QED) is 0.751. The van der Waals surface area contributed by atoms with E-state index in [9.17, 15) is 14.4 Å². The Morgan fingerprint density at radius 2 is 1.73 bits per heavy atom. The van der Waals surface area contributed by atoms with Crippen molar-refractivity contribution in [1.29, 1.82) is 0 Å². The van der Waals surface area contributed by atoms with Gasteiger partial charge in [-0.05, 0) is 60.4 Å². The molecule has 7 heteroatoms. The van der Waals surface area contributed by atoms with Crippen LogP contribution in [0.2, 0.25) is 5.02 Å². The number of rotatable bonds is 2. The largest absolute Gasteiger partial charge is 0.368 e. The lowest BCUT2D eigenvalue weighted by Gasteiger charge is -2.36. The molecule has 2 amide bonds. The number of aryl methyl sites for hydroxylation is 2. The van der Waals surface area contributed by atoms with Gasteiger partial charge in [-0.1, -0.05) is 17.7 Å². The number of amides is 2. The third-order valence-corrected chi connectivity index (χ3v) is 6.22. The van der Waals surface area contributed by atoms with Crippen LogP contribution in [0.1, 0.15) is 23.1 Å². The van der Waals surface area contributed by atoms with Crippen LogP contribution < -0.4 is 10.2 Å². The van der Waals surface area contributed by atoms with E-state index in [1.54, 1.807) is 11.0 Å². The molecule has 2 aromatic rings. The Labute approximate surface area is 180 Å². The number of carbonyl (C=O) groups is 3. The Morgan fingerprint density at radius 1 is 0.967 bits per heavy atom. The van der Waals surface area contributed by atoms with Crippen molar-refractivity contribution in [2.75, 3.05) is 36.4 Å². The summed E-state index contributed by atoms with van der Waals surface area (Å²) in [5.41, 5.74) is 4.75. The van der Waals surface area contributed by atoms with E-state index in [1.165, 1.54) is 0 Å². The Hall–Kier alpha value is -2.86. The molecule has 156 valence electrons. The lowest BCUT2D eigenvalue weighted by Crippen LogP contribution is -2.51. The average molecular weight is 426 g/mol. The second kappa shape index (κ2) is 8.48. The molecule has 0 unspecified atom stereocenters. The molecule has 1 aliphatic carbocycles. The Bertz CT molecular complexity index is 1010. The minimum Gasteiger partial charge on any atom is -0.368 e. The van der Waals surface area contributed by atoms with Crippen molar-refractivity contribution in [3.8, 4) is 0 Å². The molecular weight excluding hydrogens is 402 g/mol. The molecule has 1 N–H and O–H groups in total. The van der Waals surface area contributed by atoms with Crippen molar-refractivity contribution in [3.05, 3.63) is 58.1 Å². The van der Waals surface area contributed by atoms with Crippen LogP contribution >= 0.6 is 11.6 Å². The summed E-state index contributed by atoms with van der Waals surface area (Å²) >= 11 is 6.10. The molecule has 0 atom stereocenters. The minimum absolute atomic E-state index is 0.238. The summed E-state index contributed by atoms with van der Waals surface area (Å²) in [7, 11) is 0. The molecule has 1 fully saturated rings. The minimum atomic E-state index is -0.627. The van der Waals surface area contributed by atoms with Crippen LogP contribution in [0, 0.1) is 6.92 Å². The molecule has 0 aromatic heterocycles. The summed E-state index contributed by atoms with van der Waals surface area (Å²) in [5, 5.41) is 3.45. The number of benzene rings is 2. The highest BCUT2D eigenvalue weighted by atomic mass is 35.5. The number of hydrogen-bond donors (Lipinski definition) is 1. The number of Topliss-reactive ketones (excluding diaryl/α,β-unsaturated/α-hetero) is 1. The average Bonchev–Trinajstić information content (AvgIpc) is 2.75. The number of nitrogens with zero attached hydrogens (tertiary/aromatic N) is 2. The normalized spacial score (nSPS) is 16.3. The summed E-state index contributed by atoms with van der Waals surface area (Å²) in [6.07, 6.45) is 1.65. The number of anilines is 2. The molecule has 2 aromatic carbocycles. The van der Waals surface area contributed by atoms with Gasteiger partial charge in [-0.15, -0.1) is 0 Å². The molecular formula is C23H24ClN3O3. The highest BCUT2D eigenvalue weighted by Crippen LogP contribution is 2.24. The molecule has 0 spiro atoms. The van der Waals surface area contributed by atoms with Crippen LogP contribution in [0.5, 0.6) is 0 Å². The second-order valence-electron chi connectivity index (χ2n) is 7.87. The molecule has 6 nitrogen and oxygen atoms in total. The molecule has 1 aliphatic heterocycles. The number of hydrogen-bond acceptors (Lipinski definition) is 4. The van der Waals surface area contributed by atoms with Gasteiger partial charge in [-0.3, -0.25) is 14.4 Å². The van der Waals surface area contributed by atoms with E-state index in [4.69, 9.17) is 11.6 Å². The summed E-state index contributed by atoms with van der Waals surface area (Å²) in [6, 6.07) is 11.4. The topological polar surface area (TPSA) is 69.7 Å². The fraction of sp³-hybridized carbons (Fsp3) is 0.348. The summed E-state index contributed by atoms with van der Waals surface area (Å²) in [5.74, 6) is -0.908. The van der Waals surface area contributed by atoms with Gasteiger partial charge in [0.25, 0.3) is 0 Å². The van der Waals surface area contributed by atoms with Crippen LogP contribution in [-0.4, -0.2) is 48.7 Å². The maximum Gasteiger partial charge on any atom is 0.313 e. The first kappa shape index (κ1) is 20.4. The van der Waals surface area contributed by atoms with Gasteiger partial charge < -0.3 is 15.1 Å². The zero-order valence-electron chi connectivity index (χ0n) is 16.9. The van der Waals surface area contributed by atoms with E-state index in [0.717, 1.165) is 27.4 Å². The fourth-order valence-corrected chi connectivity index (χ4v) is 4.12. The van der Waals surface area contributed by atoms with Crippen molar-refractivity contribution in [1.82, 2.24) is 4.90 Å². The molecule has 0 saturated carbocycles. The smallest absolute Gasteiger partial charge is 0.313 e. The van der Waals surface area contributed by atoms with Gasteiger partial charge in [0.15, 0.2) is 0 Å². The van der Waals surface area contributed by atoms with Gasteiger partial charge in [-0.2, -0.15) is 0 Å². The third-order valence-electron chi connectivity index (χ3n) is 5.79. The lowest BCUT2D eigenvalue weighted by molar-refractivity contribution is -0.143.